The maximum Gasteiger partial charge on any atom is 0.222 e. The summed E-state index contributed by atoms with van der Waals surface area (Å²) in [5.74, 6) is 2.07. The highest BCUT2D eigenvalue weighted by Crippen LogP contribution is 2.45. The van der Waals surface area contributed by atoms with E-state index in [4.69, 9.17) is 24.5 Å². The maximum atomic E-state index is 5.57. The smallest absolute Gasteiger partial charge is 0.222 e. The Morgan fingerprint density at radius 1 is 1.28 bits per heavy atom. The minimum absolute atomic E-state index is 0.252. The van der Waals surface area contributed by atoms with Crippen LogP contribution in [0.3, 0.4) is 0 Å². The molecule has 0 fully saturated rings. The van der Waals surface area contributed by atoms with Gasteiger partial charge in [0.25, 0.3) is 0 Å². The Hall–Kier alpha value is -2.37. The summed E-state index contributed by atoms with van der Waals surface area (Å²) in [7, 11) is 1.57. The Bertz CT molecular complexity index is 579. The SMILES string of the molecule is COc1c(-c2cc(N)on2)ccc2c1OCCO2. The highest BCUT2D eigenvalue weighted by atomic mass is 16.6. The van der Waals surface area contributed by atoms with Gasteiger partial charge in [-0.25, -0.2) is 0 Å². The van der Waals surface area contributed by atoms with E-state index < -0.39 is 0 Å². The Balaban J connectivity index is 2.15. The molecule has 0 bridgehead atoms. The Morgan fingerprint density at radius 3 is 2.83 bits per heavy atom. The lowest BCUT2D eigenvalue weighted by Gasteiger charge is -2.21. The van der Waals surface area contributed by atoms with E-state index in [0.717, 1.165) is 5.56 Å². The average Bonchev–Trinajstić information content (AvgIpc) is 2.84. The maximum absolute atomic E-state index is 5.57. The molecule has 94 valence electrons. The van der Waals surface area contributed by atoms with Gasteiger partial charge in [-0.1, -0.05) is 5.16 Å². The van der Waals surface area contributed by atoms with Crippen LogP contribution in [0.15, 0.2) is 22.7 Å². The third-order valence-corrected chi connectivity index (χ3v) is 2.67. The molecule has 0 unspecified atom stereocenters. The van der Waals surface area contributed by atoms with Gasteiger partial charge in [0.15, 0.2) is 11.5 Å². The number of aromatic nitrogens is 1. The zero-order chi connectivity index (χ0) is 12.5. The summed E-state index contributed by atoms with van der Waals surface area (Å²) in [6.07, 6.45) is 0. The molecule has 6 heteroatoms. The first kappa shape index (κ1) is 10.8. The Kier molecular flexibility index (Phi) is 2.47. The molecule has 18 heavy (non-hydrogen) atoms. The van der Waals surface area contributed by atoms with Crippen molar-refractivity contribution in [1.82, 2.24) is 5.16 Å². The molecule has 0 saturated carbocycles. The van der Waals surface area contributed by atoms with Gasteiger partial charge in [0.2, 0.25) is 11.6 Å². The van der Waals surface area contributed by atoms with Gasteiger partial charge in [-0.05, 0) is 12.1 Å². The molecule has 0 aliphatic carbocycles. The number of hydrogen-bond donors (Lipinski definition) is 1. The summed E-state index contributed by atoms with van der Waals surface area (Å²) in [4.78, 5) is 0. The predicted molar refractivity (Wildman–Crippen MR) is 63.9 cm³/mol. The number of hydrogen-bond acceptors (Lipinski definition) is 6. The van der Waals surface area contributed by atoms with Crippen LogP contribution in [-0.4, -0.2) is 25.5 Å². The van der Waals surface area contributed by atoms with Gasteiger partial charge < -0.3 is 24.5 Å². The molecule has 0 spiro atoms. The number of methoxy groups -OCH3 is 1. The Morgan fingerprint density at radius 2 is 2.11 bits per heavy atom. The lowest BCUT2D eigenvalue weighted by molar-refractivity contribution is 0.165. The van der Waals surface area contributed by atoms with Crippen molar-refractivity contribution in [2.75, 3.05) is 26.1 Å². The number of nitrogens with two attached hydrogens (primary N) is 1. The molecular formula is C12H12N2O4. The highest BCUT2D eigenvalue weighted by Gasteiger charge is 2.22. The fourth-order valence-electron chi connectivity index (χ4n) is 1.91. The monoisotopic (exact) mass is 248 g/mol. The van der Waals surface area contributed by atoms with Gasteiger partial charge >= 0.3 is 0 Å². The van der Waals surface area contributed by atoms with Crippen LogP contribution in [0, 0.1) is 0 Å². The molecule has 1 aromatic heterocycles. The van der Waals surface area contributed by atoms with E-state index in [-0.39, 0.29) is 5.88 Å². The van der Waals surface area contributed by atoms with Crippen molar-refractivity contribution in [1.29, 1.82) is 0 Å². The molecule has 0 radical (unpaired) electrons. The highest BCUT2D eigenvalue weighted by molar-refractivity contribution is 5.75. The topological polar surface area (TPSA) is 79.7 Å². The van der Waals surface area contributed by atoms with E-state index in [1.54, 1.807) is 13.2 Å². The lowest BCUT2D eigenvalue weighted by Crippen LogP contribution is -2.16. The van der Waals surface area contributed by atoms with E-state index in [2.05, 4.69) is 5.16 Å². The van der Waals surface area contributed by atoms with E-state index in [1.807, 2.05) is 12.1 Å². The van der Waals surface area contributed by atoms with Gasteiger partial charge in [-0.3, -0.25) is 0 Å². The summed E-state index contributed by atoms with van der Waals surface area (Å²) >= 11 is 0. The van der Waals surface area contributed by atoms with Crippen molar-refractivity contribution in [2.24, 2.45) is 0 Å². The molecule has 2 heterocycles. The number of anilines is 1. The molecular weight excluding hydrogens is 236 g/mol. The summed E-state index contributed by atoms with van der Waals surface area (Å²) < 4.78 is 21.3. The normalized spacial score (nSPS) is 13.4. The van der Waals surface area contributed by atoms with Crippen molar-refractivity contribution in [3.8, 4) is 28.5 Å². The molecule has 1 aliphatic heterocycles. The summed E-state index contributed by atoms with van der Waals surface area (Å²) in [6, 6.07) is 5.29. The number of benzene rings is 1. The quantitative estimate of drug-likeness (QED) is 0.871. The van der Waals surface area contributed by atoms with Crippen molar-refractivity contribution in [3.05, 3.63) is 18.2 Å². The molecule has 3 rings (SSSR count). The van der Waals surface area contributed by atoms with Crippen LogP contribution in [0.4, 0.5) is 5.88 Å². The molecule has 6 nitrogen and oxygen atoms in total. The van der Waals surface area contributed by atoms with Crippen molar-refractivity contribution in [3.63, 3.8) is 0 Å². The lowest BCUT2D eigenvalue weighted by atomic mass is 10.1. The van der Waals surface area contributed by atoms with Crippen LogP contribution in [-0.2, 0) is 0 Å². The molecule has 2 N–H and O–H groups in total. The van der Waals surface area contributed by atoms with Crippen molar-refractivity contribution in [2.45, 2.75) is 0 Å². The minimum Gasteiger partial charge on any atom is -0.492 e. The Labute approximate surface area is 103 Å². The summed E-state index contributed by atoms with van der Waals surface area (Å²) in [5, 5.41) is 3.87. The number of rotatable bonds is 2. The molecule has 0 atom stereocenters. The van der Waals surface area contributed by atoms with Gasteiger partial charge in [-0.2, -0.15) is 0 Å². The van der Waals surface area contributed by atoms with Crippen LogP contribution >= 0.6 is 0 Å². The first-order valence-electron chi connectivity index (χ1n) is 5.48. The molecule has 1 aliphatic rings. The molecule has 1 aromatic carbocycles. The van der Waals surface area contributed by atoms with Gasteiger partial charge in [0, 0.05) is 11.6 Å². The number of nitrogen functional groups attached to an aromatic ring is 1. The van der Waals surface area contributed by atoms with Gasteiger partial charge in [0.1, 0.15) is 18.9 Å². The van der Waals surface area contributed by atoms with Crippen molar-refractivity contribution < 1.29 is 18.7 Å². The number of ether oxygens (including phenoxy) is 3. The van der Waals surface area contributed by atoms with Crippen molar-refractivity contribution >= 4 is 5.88 Å². The third-order valence-electron chi connectivity index (χ3n) is 2.67. The molecule has 2 aromatic rings. The van der Waals surface area contributed by atoms with Gasteiger partial charge in [-0.15, -0.1) is 0 Å². The van der Waals surface area contributed by atoms with E-state index in [9.17, 15) is 0 Å². The predicted octanol–water partition coefficient (Wildman–Crippen LogP) is 1.70. The molecule has 0 amide bonds. The van der Waals surface area contributed by atoms with Crippen LogP contribution in [0.25, 0.3) is 11.3 Å². The number of fused-ring (bicyclic) bond motifs is 1. The van der Waals surface area contributed by atoms with Gasteiger partial charge in [0.05, 0.1) is 7.11 Å². The molecule has 0 saturated heterocycles. The fraction of sp³-hybridized carbons (Fsp3) is 0.250. The van der Waals surface area contributed by atoms with Crippen LogP contribution in [0.5, 0.6) is 17.2 Å². The minimum atomic E-state index is 0.252. The van der Waals surface area contributed by atoms with Crippen LogP contribution in [0.1, 0.15) is 0 Å². The summed E-state index contributed by atoms with van der Waals surface area (Å²) in [6.45, 7) is 1.03. The van der Waals surface area contributed by atoms with E-state index in [1.165, 1.54) is 0 Å². The first-order chi connectivity index (χ1) is 8.79. The largest absolute Gasteiger partial charge is 0.492 e. The first-order valence-corrected chi connectivity index (χ1v) is 5.48. The number of nitrogens with zero attached hydrogens (tertiary/aromatic N) is 1. The second kappa shape index (κ2) is 4.14. The summed E-state index contributed by atoms with van der Waals surface area (Å²) in [5.41, 5.74) is 6.87. The van der Waals surface area contributed by atoms with Crippen LogP contribution in [0.2, 0.25) is 0 Å². The van der Waals surface area contributed by atoms with E-state index in [0.29, 0.717) is 36.2 Å². The second-order valence-electron chi connectivity index (χ2n) is 3.79. The zero-order valence-corrected chi connectivity index (χ0v) is 9.80. The second-order valence-corrected chi connectivity index (χ2v) is 3.79. The van der Waals surface area contributed by atoms with E-state index >= 15 is 0 Å². The average molecular weight is 248 g/mol. The third kappa shape index (κ3) is 1.62. The van der Waals surface area contributed by atoms with Crippen LogP contribution < -0.4 is 19.9 Å². The zero-order valence-electron chi connectivity index (χ0n) is 9.80. The standard InChI is InChI=1S/C12H12N2O4/c1-15-11-7(8-6-10(13)18-14-8)2-3-9-12(11)17-5-4-16-9/h2-3,6H,4-5,13H2,1H3. The fourth-order valence-corrected chi connectivity index (χ4v) is 1.91.